The number of aryl methyl sites for hydroxylation is 1. The summed E-state index contributed by atoms with van der Waals surface area (Å²) in [6.45, 7) is 2.32. The zero-order valence-electron chi connectivity index (χ0n) is 15.1. The van der Waals surface area contributed by atoms with Gasteiger partial charge in [-0.3, -0.25) is 9.67 Å². The van der Waals surface area contributed by atoms with E-state index in [-0.39, 0.29) is 0 Å². The van der Waals surface area contributed by atoms with Crippen LogP contribution in [0.5, 0.6) is 11.5 Å². The number of nitrogens with zero attached hydrogens (tertiary/aromatic N) is 4. The summed E-state index contributed by atoms with van der Waals surface area (Å²) in [4.78, 5) is 6.69. The normalized spacial score (nSPS) is 13.4. The number of hydrogen-bond acceptors (Lipinski definition) is 5. The molecular weight excluding hydrogens is 328 g/mol. The van der Waals surface area contributed by atoms with Crippen LogP contribution in [0, 0.1) is 0 Å². The summed E-state index contributed by atoms with van der Waals surface area (Å²) in [5.41, 5.74) is 4.73. The van der Waals surface area contributed by atoms with Crippen LogP contribution in [0.2, 0.25) is 0 Å². The van der Waals surface area contributed by atoms with Gasteiger partial charge in [-0.1, -0.05) is 6.07 Å². The van der Waals surface area contributed by atoms with Crippen LogP contribution in [0.3, 0.4) is 0 Å². The van der Waals surface area contributed by atoms with Crippen LogP contribution in [0.1, 0.15) is 16.8 Å². The van der Waals surface area contributed by atoms with E-state index in [1.54, 1.807) is 13.3 Å². The third-order valence-electron chi connectivity index (χ3n) is 4.67. The van der Waals surface area contributed by atoms with Gasteiger partial charge in [0.25, 0.3) is 0 Å². The van der Waals surface area contributed by atoms with Crippen molar-refractivity contribution in [1.29, 1.82) is 0 Å². The van der Waals surface area contributed by atoms with Crippen molar-refractivity contribution in [3.63, 3.8) is 0 Å². The predicted molar refractivity (Wildman–Crippen MR) is 99.5 cm³/mol. The fourth-order valence-electron chi connectivity index (χ4n) is 3.19. The molecule has 0 fully saturated rings. The highest BCUT2D eigenvalue weighted by Gasteiger charge is 2.18. The quantitative estimate of drug-likeness (QED) is 0.708. The smallest absolute Gasteiger partial charge is 0.137 e. The standard InChI is InChI=1S/C20H22N4O2/c1-23-13-18(10-22-23)24-8-7-15-3-5-19(9-16(15)12-24)26-14-17-4-6-20(25-2)11-21-17/h3-6,9-11,13H,7-8,12,14H2,1-2H3. The number of aromatic nitrogens is 3. The summed E-state index contributed by atoms with van der Waals surface area (Å²) >= 11 is 0. The lowest BCUT2D eigenvalue weighted by Gasteiger charge is -2.29. The van der Waals surface area contributed by atoms with Crippen molar-refractivity contribution in [3.8, 4) is 11.5 Å². The Labute approximate surface area is 153 Å². The van der Waals surface area contributed by atoms with Gasteiger partial charge in [0, 0.05) is 26.3 Å². The maximum atomic E-state index is 5.94. The van der Waals surface area contributed by atoms with Crippen LogP contribution < -0.4 is 14.4 Å². The molecule has 0 bridgehead atoms. The number of anilines is 1. The Morgan fingerprint density at radius 3 is 2.69 bits per heavy atom. The van der Waals surface area contributed by atoms with Gasteiger partial charge < -0.3 is 14.4 Å². The minimum atomic E-state index is 0.440. The van der Waals surface area contributed by atoms with E-state index >= 15 is 0 Å². The molecule has 0 radical (unpaired) electrons. The second-order valence-corrected chi connectivity index (χ2v) is 6.45. The minimum Gasteiger partial charge on any atom is -0.495 e. The third-order valence-corrected chi connectivity index (χ3v) is 4.67. The van der Waals surface area contributed by atoms with Crippen LogP contribution in [-0.4, -0.2) is 28.4 Å². The first kappa shape index (κ1) is 16.4. The molecule has 0 atom stereocenters. The molecule has 6 heteroatoms. The molecule has 0 aliphatic carbocycles. The Kier molecular flexibility index (Phi) is 4.48. The molecule has 134 valence electrons. The van der Waals surface area contributed by atoms with Gasteiger partial charge in [0.2, 0.25) is 0 Å². The van der Waals surface area contributed by atoms with Crippen LogP contribution in [-0.2, 0) is 26.6 Å². The second-order valence-electron chi connectivity index (χ2n) is 6.45. The number of hydrogen-bond donors (Lipinski definition) is 0. The van der Waals surface area contributed by atoms with Gasteiger partial charge in [-0.25, -0.2) is 0 Å². The molecule has 0 amide bonds. The molecule has 6 nitrogen and oxygen atoms in total. The summed E-state index contributed by atoms with van der Waals surface area (Å²) in [6, 6.07) is 10.2. The molecule has 0 N–H and O–H groups in total. The van der Waals surface area contributed by atoms with E-state index in [0.29, 0.717) is 6.61 Å². The van der Waals surface area contributed by atoms with E-state index in [1.807, 2.05) is 36.1 Å². The van der Waals surface area contributed by atoms with Crippen LogP contribution >= 0.6 is 0 Å². The van der Waals surface area contributed by atoms with E-state index in [2.05, 4.69) is 33.3 Å². The van der Waals surface area contributed by atoms with Gasteiger partial charge in [-0.05, 0) is 41.8 Å². The molecule has 0 saturated heterocycles. The van der Waals surface area contributed by atoms with Gasteiger partial charge in [0.15, 0.2) is 0 Å². The molecule has 4 rings (SSSR count). The molecule has 2 aromatic heterocycles. The van der Waals surface area contributed by atoms with Crippen molar-refractivity contribution < 1.29 is 9.47 Å². The van der Waals surface area contributed by atoms with E-state index in [9.17, 15) is 0 Å². The Morgan fingerprint density at radius 1 is 1.08 bits per heavy atom. The summed E-state index contributed by atoms with van der Waals surface area (Å²) < 4.78 is 12.9. The fourth-order valence-corrected chi connectivity index (χ4v) is 3.19. The Balaban J connectivity index is 1.44. The number of pyridine rings is 1. The van der Waals surface area contributed by atoms with Crippen molar-refractivity contribution in [1.82, 2.24) is 14.8 Å². The molecule has 1 aliphatic rings. The molecule has 0 spiro atoms. The van der Waals surface area contributed by atoms with Gasteiger partial charge in [-0.2, -0.15) is 5.10 Å². The van der Waals surface area contributed by atoms with Crippen molar-refractivity contribution in [2.24, 2.45) is 7.05 Å². The maximum Gasteiger partial charge on any atom is 0.137 e. The van der Waals surface area contributed by atoms with E-state index in [0.717, 1.165) is 42.4 Å². The summed E-state index contributed by atoms with van der Waals surface area (Å²) in [5.74, 6) is 1.62. The first-order chi connectivity index (χ1) is 12.7. The Hall–Kier alpha value is -3.02. The van der Waals surface area contributed by atoms with Crippen molar-refractivity contribution in [2.45, 2.75) is 19.6 Å². The number of benzene rings is 1. The van der Waals surface area contributed by atoms with Gasteiger partial charge >= 0.3 is 0 Å². The zero-order chi connectivity index (χ0) is 17.9. The number of rotatable bonds is 5. The molecule has 0 saturated carbocycles. The van der Waals surface area contributed by atoms with Gasteiger partial charge in [0.1, 0.15) is 18.1 Å². The summed E-state index contributed by atoms with van der Waals surface area (Å²) in [5, 5.41) is 4.28. The Bertz CT molecular complexity index is 889. The second kappa shape index (κ2) is 7.07. The average molecular weight is 350 g/mol. The average Bonchev–Trinajstić information content (AvgIpc) is 3.12. The minimum absolute atomic E-state index is 0.440. The number of fused-ring (bicyclic) bond motifs is 1. The molecule has 0 unspecified atom stereocenters. The van der Waals surface area contributed by atoms with Crippen molar-refractivity contribution >= 4 is 5.69 Å². The van der Waals surface area contributed by atoms with Gasteiger partial charge in [-0.15, -0.1) is 0 Å². The predicted octanol–water partition coefficient (Wildman–Crippen LogP) is 2.97. The van der Waals surface area contributed by atoms with Crippen LogP contribution in [0.25, 0.3) is 0 Å². The first-order valence-corrected chi connectivity index (χ1v) is 8.68. The first-order valence-electron chi connectivity index (χ1n) is 8.68. The highest BCUT2D eigenvalue weighted by atomic mass is 16.5. The monoisotopic (exact) mass is 350 g/mol. The number of ether oxygens (including phenoxy) is 2. The number of methoxy groups -OCH3 is 1. The molecule has 26 heavy (non-hydrogen) atoms. The van der Waals surface area contributed by atoms with Crippen molar-refractivity contribution in [2.75, 3.05) is 18.6 Å². The highest BCUT2D eigenvalue weighted by molar-refractivity contribution is 5.48. The summed E-state index contributed by atoms with van der Waals surface area (Å²) in [7, 11) is 3.58. The molecule has 1 aromatic carbocycles. The lowest BCUT2D eigenvalue weighted by molar-refractivity contribution is 0.300. The maximum absolute atomic E-state index is 5.94. The lowest BCUT2D eigenvalue weighted by atomic mass is 9.99. The molecule has 1 aliphatic heterocycles. The van der Waals surface area contributed by atoms with Crippen LogP contribution in [0.4, 0.5) is 5.69 Å². The molecular formula is C20H22N4O2. The lowest BCUT2D eigenvalue weighted by Crippen LogP contribution is -2.30. The highest BCUT2D eigenvalue weighted by Crippen LogP contribution is 2.27. The SMILES string of the molecule is COc1ccc(COc2ccc3c(c2)CN(c2cnn(C)c2)CC3)nc1. The Morgan fingerprint density at radius 2 is 1.96 bits per heavy atom. The molecule has 3 aromatic rings. The zero-order valence-corrected chi connectivity index (χ0v) is 15.1. The van der Waals surface area contributed by atoms with Crippen LogP contribution in [0.15, 0.2) is 48.9 Å². The fraction of sp³-hybridized carbons (Fsp3) is 0.300. The third kappa shape index (κ3) is 3.49. The van der Waals surface area contributed by atoms with Gasteiger partial charge in [0.05, 0.1) is 30.9 Å². The van der Waals surface area contributed by atoms with E-state index < -0.39 is 0 Å². The molecule has 3 heterocycles. The summed E-state index contributed by atoms with van der Waals surface area (Å²) in [6.07, 6.45) is 6.71. The van der Waals surface area contributed by atoms with E-state index in [1.165, 1.54) is 11.1 Å². The van der Waals surface area contributed by atoms with E-state index in [4.69, 9.17) is 9.47 Å². The largest absolute Gasteiger partial charge is 0.495 e. The van der Waals surface area contributed by atoms with Crippen molar-refractivity contribution in [3.05, 3.63) is 65.7 Å². The topological polar surface area (TPSA) is 52.4 Å².